The summed E-state index contributed by atoms with van der Waals surface area (Å²) in [6.45, 7) is 3.74. The van der Waals surface area contributed by atoms with Crippen LogP contribution in [0.1, 0.15) is 24.0 Å². The molecule has 3 rings (SSSR count). The summed E-state index contributed by atoms with van der Waals surface area (Å²) in [7, 11) is 0. The predicted octanol–water partition coefficient (Wildman–Crippen LogP) is 3.45. The van der Waals surface area contributed by atoms with Gasteiger partial charge in [0.05, 0.1) is 29.0 Å². The Morgan fingerprint density at radius 3 is 2.28 bits per heavy atom. The minimum absolute atomic E-state index is 0.122. The Bertz CT molecular complexity index is 985. The summed E-state index contributed by atoms with van der Waals surface area (Å²) in [5.74, 6) is -1.21. The van der Waals surface area contributed by atoms with Gasteiger partial charge >= 0.3 is 6.18 Å². The van der Waals surface area contributed by atoms with E-state index in [0.29, 0.717) is 30.8 Å². The number of nitriles is 3. The van der Waals surface area contributed by atoms with Crippen LogP contribution in [0.5, 0.6) is 0 Å². The summed E-state index contributed by atoms with van der Waals surface area (Å²) in [6, 6.07) is 10.5. The lowest BCUT2D eigenvalue weighted by Gasteiger charge is -2.45. The lowest BCUT2D eigenvalue weighted by Crippen LogP contribution is -2.48. The zero-order valence-electron chi connectivity index (χ0n) is 15.7. The Kier molecular flexibility index (Phi) is 5.13. The molecule has 0 radical (unpaired) electrons. The number of hydrogen-bond donors (Lipinski definition) is 1. The first-order chi connectivity index (χ1) is 13.7. The third-order valence-corrected chi connectivity index (χ3v) is 5.78. The van der Waals surface area contributed by atoms with Crippen molar-refractivity contribution in [2.24, 2.45) is 17.1 Å². The molecule has 148 valence electrons. The van der Waals surface area contributed by atoms with Crippen molar-refractivity contribution in [2.75, 3.05) is 19.6 Å². The van der Waals surface area contributed by atoms with Crippen LogP contribution in [-0.2, 0) is 6.18 Å². The van der Waals surface area contributed by atoms with Crippen molar-refractivity contribution in [1.29, 1.82) is 15.8 Å². The molecule has 0 fully saturated rings. The Balaban J connectivity index is 2.25. The van der Waals surface area contributed by atoms with Crippen LogP contribution in [0.2, 0.25) is 0 Å². The maximum Gasteiger partial charge on any atom is 0.416 e. The second-order valence-electron chi connectivity index (χ2n) is 7.15. The van der Waals surface area contributed by atoms with Crippen LogP contribution in [-0.4, -0.2) is 24.5 Å². The first-order valence-electron chi connectivity index (χ1n) is 9.06. The van der Waals surface area contributed by atoms with E-state index in [-0.39, 0.29) is 11.3 Å². The van der Waals surface area contributed by atoms with Gasteiger partial charge in [-0.25, -0.2) is 0 Å². The molecule has 29 heavy (non-hydrogen) atoms. The second kappa shape index (κ2) is 7.28. The van der Waals surface area contributed by atoms with E-state index in [1.807, 2.05) is 31.2 Å². The molecule has 0 amide bonds. The lowest BCUT2D eigenvalue weighted by atomic mass is 9.58. The number of rotatable bonds is 2. The normalized spacial score (nSPS) is 24.0. The van der Waals surface area contributed by atoms with E-state index in [1.165, 1.54) is 12.1 Å². The first-order valence-corrected chi connectivity index (χ1v) is 9.06. The largest absolute Gasteiger partial charge is 0.416 e. The summed E-state index contributed by atoms with van der Waals surface area (Å²) in [5.41, 5.74) is 4.56. The number of fused-ring (bicyclic) bond motifs is 1. The number of nitrogens with zero attached hydrogens (tertiary/aromatic N) is 4. The van der Waals surface area contributed by atoms with E-state index in [0.717, 1.165) is 12.1 Å². The number of alkyl halides is 3. The van der Waals surface area contributed by atoms with Crippen molar-refractivity contribution < 1.29 is 13.2 Å². The highest BCUT2D eigenvalue weighted by molar-refractivity contribution is 5.59. The molecule has 5 nitrogen and oxygen atoms in total. The van der Waals surface area contributed by atoms with Crippen LogP contribution < -0.4 is 5.73 Å². The molecule has 1 aromatic rings. The van der Waals surface area contributed by atoms with Gasteiger partial charge in [0, 0.05) is 24.9 Å². The number of hydrogen-bond acceptors (Lipinski definition) is 5. The van der Waals surface area contributed by atoms with Gasteiger partial charge in [-0.2, -0.15) is 29.0 Å². The molecule has 8 heteroatoms. The molecule has 2 atom stereocenters. The Labute approximate surface area is 166 Å². The average Bonchev–Trinajstić information content (AvgIpc) is 2.72. The van der Waals surface area contributed by atoms with Crippen molar-refractivity contribution in [2.45, 2.75) is 19.0 Å². The van der Waals surface area contributed by atoms with E-state index in [2.05, 4.69) is 4.90 Å². The van der Waals surface area contributed by atoms with Gasteiger partial charge < -0.3 is 5.73 Å². The molecular weight excluding hydrogens is 379 g/mol. The number of benzene rings is 1. The summed E-state index contributed by atoms with van der Waals surface area (Å²) < 4.78 is 39.0. The summed E-state index contributed by atoms with van der Waals surface area (Å²) in [6.07, 6.45) is -2.63. The first kappa shape index (κ1) is 20.5. The van der Waals surface area contributed by atoms with Gasteiger partial charge in [0.1, 0.15) is 6.07 Å². The Hall–Kier alpha value is -3.28. The fourth-order valence-corrected chi connectivity index (χ4v) is 4.25. The highest BCUT2D eigenvalue weighted by Crippen LogP contribution is 2.54. The maximum absolute atomic E-state index is 13.0. The molecule has 0 saturated heterocycles. The summed E-state index contributed by atoms with van der Waals surface area (Å²) in [4.78, 5) is 2.08. The molecular formula is C21H18F3N5. The molecule has 1 aliphatic carbocycles. The molecule has 2 N–H and O–H groups in total. The number of allylic oxidation sites excluding steroid dienone is 2. The fraction of sp³-hybridized carbons (Fsp3) is 0.381. The molecule has 1 aromatic carbocycles. The van der Waals surface area contributed by atoms with Gasteiger partial charge in [0.15, 0.2) is 5.41 Å². The molecule has 0 bridgehead atoms. The van der Waals surface area contributed by atoms with Crippen LogP contribution in [0.25, 0.3) is 0 Å². The number of likely N-dealkylation sites (N-methyl/N-ethyl adjacent to an activating group) is 1. The maximum atomic E-state index is 13.0. The fourth-order valence-electron chi connectivity index (χ4n) is 4.25. The van der Waals surface area contributed by atoms with E-state index in [4.69, 9.17) is 5.73 Å². The van der Waals surface area contributed by atoms with Gasteiger partial charge in [-0.3, -0.25) is 4.90 Å². The van der Waals surface area contributed by atoms with E-state index >= 15 is 0 Å². The Morgan fingerprint density at radius 2 is 1.79 bits per heavy atom. The van der Waals surface area contributed by atoms with Crippen LogP contribution >= 0.6 is 0 Å². The van der Waals surface area contributed by atoms with Gasteiger partial charge in [-0.1, -0.05) is 25.1 Å². The lowest BCUT2D eigenvalue weighted by molar-refractivity contribution is -0.137. The highest BCUT2D eigenvalue weighted by Gasteiger charge is 2.54. The second-order valence-corrected chi connectivity index (χ2v) is 7.15. The zero-order valence-corrected chi connectivity index (χ0v) is 15.7. The summed E-state index contributed by atoms with van der Waals surface area (Å²) >= 11 is 0. The number of halogens is 3. The van der Waals surface area contributed by atoms with Crippen molar-refractivity contribution in [1.82, 2.24) is 4.90 Å². The van der Waals surface area contributed by atoms with Crippen molar-refractivity contribution >= 4 is 0 Å². The van der Waals surface area contributed by atoms with Gasteiger partial charge in [0.2, 0.25) is 0 Å². The van der Waals surface area contributed by atoms with Crippen LogP contribution in [0, 0.1) is 45.3 Å². The minimum Gasteiger partial charge on any atom is -0.399 e. The van der Waals surface area contributed by atoms with Crippen LogP contribution in [0.3, 0.4) is 0 Å². The molecule has 0 unspecified atom stereocenters. The van der Waals surface area contributed by atoms with Crippen LogP contribution in [0.15, 0.2) is 47.2 Å². The Morgan fingerprint density at radius 1 is 1.17 bits per heavy atom. The van der Waals surface area contributed by atoms with Gasteiger partial charge in [-0.05, 0) is 29.8 Å². The summed E-state index contributed by atoms with van der Waals surface area (Å²) in [5, 5.41) is 29.5. The highest BCUT2D eigenvalue weighted by atomic mass is 19.4. The van der Waals surface area contributed by atoms with Crippen molar-refractivity contribution in [3.05, 3.63) is 58.3 Å². The third-order valence-electron chi connectivity index (χ3n) is 5.78. The molecule has 2 aliphatic rings. The van der Waals surface area contributed by atoms with Crippen molar-refractivity contribution in [3.8, 4) is 18.2 Å². The van der Waals surface area contributed by atoms with Crippen LogP contribution in [0.4, 0.5) is 13.2 Å². The molecule has 0 spiro atoms. The topological polar surface area (TPSA) is 101 Å². The average molecular weight is 397 g/mol. The molecule has 0 aromatic heterocycles. The smallest absolute Gasteiger partial charge is 0.399 e. The SMILES string of the molecule is CCN1CC=C2C(C#N)=C(N)C(C#N)(C#N)[C@@H](c3ccc(C(F)(F)F)cc3)[C@@H]2C1. The van der Waals surface area contributed by atoms with Gasteiger partial charge in [0.25, 0.3) is 0 Å². The van der Waals surface area contributed by atoms with Gasteiger partial charge in [-0.15, -0.1) is 0 Å². The minimum atomic E-state index is -4.49. The van der Waals surface area contributed by atoms with E-state index < -0.39 is 29.0 Å². The molecule has 1 heterocycles. The standard InChI is InChI=1S/C21H18F3N5/c1-2-29-8-7-15-16(9-25)19(28)20(11-26,12-27)18(17(15)10-29)13-3-5-14(6-4-13)21(22,23)24/h3-7,17-18H,2,8,10,28H2,1H3/t17-,18+/m1/s1. The van der Waals surface area contributed by atoms with Crippen molar-refractivity contribution in [3.63, 3.8) is 0 Å². The van der Waals surface area contributed by atoms with E-state index in [9.17, 15) is 29.0 Å². The third kappa shape index (κ3) is 3.14. The molecule has 1 aliphatic heterocycles. The quantitative estimate of drug-likeness (QED) is 0.824. The monoisotopic (exact) mass is 397 g/mol. The zero-order chi connectivity index (χ0) is 21.4. The number of nitrogens with two attached hydrogens (primary N) is 1. The van der Waals surface area contributed by atoms with E-state index in [1.54, 1.807) is 0 Å². The molecule has 0 saturated carbocycles. The predicted molar refractivity (Wildman–Crippen MR) is 98.4 cm³/mol.